The Hall–Kier alpha value is -2.20. The number of aromatic nitrogens is 1. The van der Waals surface area contributed by atoms with Crippen molar-refractivity contribution in [1.29, 1.82) is 0 Å². The van der Waals surface area contributed by atoms with Gasteiger partial charge in [-0.15, -0.1) is 0 Å². The number of nitrogens with zero attached hydrogens (tertiary/aromatic N) is 1. The summed E-state index contributed by atoms with van der Waals surface area (Å²) in [4.78, 5) is 15.2. The number of carboxylic acids is 1. The molecule has 1 heterocycles. The van der Waals surface area contributed by atoms with E-state index in [0.717, 1.165) is 22.4 Å². The number of nitrogens with one attached hydrogen (secondary N) is 1. The summed E-state index contributed by atoms with van der Waals surface area (Å²) in [6.07, 6.45) is 1.84. The molecular formula is C16H18N2O2. The third kappa shape index (κ3) is 3.90. The molecule has 0 bridgehead atoms. The van der Waals surface area contributed by atoms with E-state index in [0.29, 0.717) is 13.1 Å². The van der Waals surface area contributed by atoms with Crippen LogP contribution in [0.2, 0.25) is 0 Å². The fraction of sp³-hybridized carbons (Fsp3) is 0.250. The fourth-order valence-electron chi connectivity index (χ4n) is 2.08. The Labute approximate surface area is 118 Å². The van der Waals surface area contributed by atoms with Gasteiger partial charge in [-0.25, -0.2) is 0 Å². The van der Waals surface area contributed by atoms with Gasteiger partial charge in [0.15, 0.2) is 0 Å². The van der Waals surface area contributed by atoms with Crippen LogP contribution in [0.4, 0.5) is 0 Å². The van der Waals surface area contributed by atoms with E-state index in [1.54, 1.807) is 6.20 Å². The van der Waals surface area contributed by atoms with E-state index >= 15 is 0 Å². The minimum absolute atomic E-state index is 0.0560. The standard InChI is InChI=1S/C16H18N2O2/c1-12-5-4-8-18-15(12)11-17-10-14-7-3-2-6-13(14)9-16(19)20/h2-8,17H,9-11H2,1H3,(H,19,20). The van der Waals surface area contributed by atoms with E-state index in [2.05, 4.69) is 10.3 Å². The SMILES string of the molecule is Cc1cccnc1CNCc1ccccc1CC(=O)O. The fourth-order valence-corrected chi connectivity index (χ4v) is 2.08. The number of aryl methyl sites for hydroxylation is 1. The second-order valence-corrected chi connectivity index (χ2v) is 4.71. The highest BCUT2D eigenvalue weighted by Crippen LogP contribution is 2.10. The lowest BCUT2D eigenvalue weighted by molar-refractivity contribution is -0.136. The molecule has 0 amide bonds. The summed E-state index contributed by atoms with van der Waals surface area (Å²) in [6.45, 7) is 3.34. The van der Waals surface area contributed by atoms with E-state index in [-0.39, 0.29) is 6.42 Å². The Morgan fingerprint density at radius 2 is 1.90 bits per heavy atom. The maximum atomic E-state index is 10.8. The molecule has 4 heteroatoms. The average Bonchev–Trinajstić information content (AvgIpc) is 2.42. The first kappa shape index (κ1) is 14.2. The van der Waals surface area contributed by atoms with Crippen LogP contribution in [-0.4, -0.2) is 16.1 Å². The zero-order valence-electron chi connectivity index (χ0n) is 11.5. The highest BCUT2D eigenvalue weighted by molar-refractivity contribution is 5.70. The second-order valence-electron chi connectivity index (χ2n) is 4.71. The number of hydrogen-bond acceptors (Lipinski definition) is 3. The van der Waals surface area contributed by atoms with Crippen molar-refractivity contribution in [1.82, 2.24) is 10.3 Å². The molecule has 1 aromatic heterocycles. The van der Waals surface area contributed by atoms with Gasteiger partial charge in [0.1, 0.15) is 0 Å². The molecule has 4 nitrogen and oxygen atoms in total. The van der Waals surface area contributed by atoms with Gasteiger partial charge in [0.05, 0.1) is 12.1 Å². The third-order valence-electron chi connectivity index (χ3n) is 3.19. The van der Waals surface area contributed by atoms with Crippen LogP contribution in [0.15, 0.2) is 42.6 Å². The average molecular weight is 270 g/mol. The summed E-state index contributed by atoms with van der Waals surface area (Å²) in [6, 6.07) is 11.6. The number of carboxylic acid groups (broad SMARTS) is 1. The first-order valence-electron chi connectivity index (χ1n) is 6.56. The summed E-state index contributed by atoms with van der Waals surface area (Å²) in [5, 5.41) is 12.2. The molecule has 0 aliphatic rings. The minimum atomic E-state index is -0.807. The maximum absolute atomic E-state index is 10.8. The van der Waals surface area contributed by atoms with Gasteiger partial charge < -0.3 is 10.4 Å². The maximum Gasteiger partial charge on any atom is 0.307 e. The number of pyridine rings is 1. The molecular weight excluding hydrogens is 252 g/mol. The number of benzene rings is 1. The first-order chi connectivity index (χ1) is 9.66. The molecule has 0 aliphatic heterocycles. The lowest BCUT2D eigenvalue weighted by Gasteiger charge is -2.10. The van der Waals surface area contributed by atoms with Crippen molar-refractivity contribution in [3.63, 3.8) is 0 Å². The Morgan fingerprint density at radius 3 is 2.60 bits per heavy atom. The molecule has 0 aliphatic carbocycles. The van der Waals surface area contributed by atoms with Gasteiger partial charge in [0.2, 0.25) is 0 Å². The monoisotopic (exact) mass is 270 g/mol. The lowest BCUT2D eigenvalue weighted by Crippen LogP contribution is -2.16. The van der Waals surface area contributed by atoms with E-state index in [9.17, 15) is 4.79 Å². The summed E-state index contributed by atoms with van der Waals surface area (Å²) in [7, 11) is 0. The largest absolute Gasteiger partial charge is 0.481 e. The van der Waals surface area contributed by atoms with E-state index < -0.39 is 5.97 Å². The highest BCUT2D eigenvalue weighted by Gasteiger charge is 2.06. The van der Waals surface area contributed by atoms with Crippen molar-refractivity contribution in [3.8, 4) is 0 Å². The van der Waals surface area contributed by atoms with Gasteiger partial charge in [-0.05, 0) is 29.7 Å². The predicted molar refractivity (Wildman–Crippen MR) is 77.3 cm³/mol. The number of hydrogen-bond donors (Lipinski definition) is 2. The molecule has 0 radical (unpaired) electrons. The summed E-state index contributed by atoms with van der Waals surface area (Å²) in [5.41, 5.74) is 4.04. The van der Waals surface area contributed by atoms with Crippen molar-refractivity contribution in [3.05, 3.63) is 65.0 Å². The van der Waals surface area contributed by atoms with Crippen LogP contribution < -0.4 is 5.32 Å². The van der Waals surface area contributed by atoms with E-state index in [1.807, 2.05) is 43.3 Å². The van der Waals surface area contributed by atoms with Crippen LogP contribution in [0.1, 0.15) is 22.4 Å². The molecule has 104 valence electrons. The molecule has 0 atom stereocenters. The molecule has 2 N–H and O–H groups in total. The second kappa shape index (κ2) is 6.82. The van der Waals surface area contributed by atoms with E-state index in [1.165, 1.54) is 0 Å². The number of rotatable bonds is 6. The Morgan fingerprint density at radius 1 is 1.15 bits per heavy atom. The van der Waals surface area contributed by atoms with Gasteiger partial charge >= 0.3 is 5.97 Å². The van der Waals surface area contributed by atoms with Crippen LogP contribution in [0.3, 0.4) is 0 Å². The zero-order valence-corrected chi connectivity index (χ0v) is 11.5. The molecule has 20 heavy (non-hydrogen) atoms. The van der Waals surface area contributed by atoms with Gasteiger partial charge in [-0.3, -0.25) is 9.78 Å². The highest BCUT2D eigenvalue weighted by atomic mass is 16.4. The molecule has 1 aromatic carbocycles. The zero-order chi connectivity index (χ0) is 14.4. The van der Waals surface area contributed by atoms with Gasteiger partial charge in [0.25, 0.3) is 0 Å². The summed E-state index contributed by atoms with van der Waals surface area (Å²) < 4.78 is 0. The predicted octanol–water partition coefficient (Wildman–Crippen LogP) is 2.31. The molecule has 0 fully saturated rings. The Kier molecular flexibility index (Phi) is 4.85. The molecule has 2 rings (SSSR count). The topological polar surface area (TPSA) is 62.2 Å². The van der Waals surface area contributed by atoms with Crippen molar-refractivity contribution < 1.29 is 9.90 Å². The number of aliphatic carboxylic acids is 1. The Balaban J connectivity index is 1.97. The summed E-state index contributed by atoms with van der Waals surface area (Å²) >= 11 is 0. The third-order valence-corrected chi connectivity index (χ3v) is 3.19. The van der Waals surface area contributed by atoms with Crippen LogP contribution in [0.25, 0.3) is 0 Å². The normalized spacial score (nSPS) is 10.4. The van der Waals surface area contributed by atoms with E-state index in [4.69, 9.17) is 5.11 Å². The van der Waals surface area contributed by atoms with Crippen molar-refractivity contribution >= 4 is 5.97 Å². The van der Waals surface area contributed by atoms with Crippen LogP contribution in [-0.2, 0) is 24.3 Å². The molecule has 0 saturated heterocycles. The van der Waals surface area contributed by atoms with Gasteiger partial charge in [-0.2, -0.15) is 0 Å². The smallest absolute Gasteiger partial charge is 0.307 e. The molecule has 2 aromatic rings. The van der Waals surface area contributed by atoms with Crippen LogP contribution >= 0.6 is 0 Å². The first-order valence-corrected chi connectivity index (χ1v) is 6.56. The lowest BCUT2D eigenvalue weighted by atomic mass is 10.0. The van der Waals surface area contributed by atoms with Crippen molar-refractivity contribution in [2.75, 3.05) is 0 Å². The Bertz CT molecular complexity index is 597. The van der Waals surface area contributed by atoms with Gasteiger partial charge in [-0.1, -0.05) is 30.3 Å². The van der Waals surface area contributed by atoms with Crippen molar-refractivity contribution in [2.45, 2.75) is 26.4 Å². The quantitative estimate of drug-likeness (QED) is 0.845. The summed E-state index contributed by atoms with van der Waals surface area (Å²) in [5.74, 6) is -0.807. The van der Waals surface area contributed by atoms with Crippen molar-refractivity contribution in [2.24, 2.45) is 0 Å². The van der Waals surface area contributed by atoms with Crippen LogP contribution in [0.5, 0.6) is 0 Å². The molecule has 0 saturated carbocycles. The van der Waals surface area contributed by atoms with Gasteiger partial charge in [0, 0.05) is 19.3 Å². The molecule has 0 unspecified atom stereocenters. The number of carbonyl (C=O) groups is 1. The van der Waals surface area contributed by atoms with Crippen LogP contribution in [0, 0.1) is 6.92 Å². The molecule has 0 spiro atoms. The minimum Gasteiger partial charge on any atom is -0.481 e.